The number of piperazine rings is 1. The number of amides is 1. The third-order valence-corrected chi connectivity index (χ3v) is 4.18. The van der Waals surface area contributed by atoms with Crippen LogP contribution >= 0.6 is 15.9 Å². The summed E-state index contributed by atoms with van der Waals surface area (Å²) in [5.41, 5.74) is 0.877. The van der Waals surface area contributed by atoms with Crippen molar-refractivity contribution in [3.8, 4) is 0 Å². The van der Waals surface area contributed by atoms with Crippen molar-refractivity contribution in [2.24, 2.45) is 5.92 Å². The van der Waals surface area contributed by atoms with Gasteiger partial charge in [0.05, 0.1) is 12.1 Å². The standard InChI is InChI=1S/C15H21BrN2O2/c1-10(2)14-15(20)17-7-8-18(14)9-13(19)11-3-5-12(16)6-4-11/h3-6,10,13-14,19H,7-9H2,1-2H3,(H,17,20). The van der Waals surface area contributed by atoms with Crippen molar-refractivity contribution >= 4 is 21.8 Å². The lowest BCUT2D eigenvalue weighted by atomic mass is 9.98. The molecule has 0 spiro atoms. The maximum absolute atomic E-state index is 12.0. The van der Waals surface area contributed by atoms with Crippen molar-refractivity contribution < 1.29 is 9.90 Å². The van der Waals surface area contributed by atoms with E-state index >= 15 is 0 Å². The van der Waals surface area contributed by atoms with Gasteiger partial charge in [-0.2, -0.15) is 0 Å². The summed E-state index contributed by atoms with van der Waals surface area (Å²) in [5.74, 6) is 0.293. The molecule has 1 aromatic carbocycles. The first-order valence-corrected chi connectivity index (χ1v) is 7.73. The van der Waals surface area contributed by atoms with E-state index in [0.29, 0.717) is 13.1 Å². The molecule has 0 radical (unpaired) electrons. The summed E-state index contributed by atoms with van der Waals surface area (Å²) >= 11 is 3.38. The first-order valence-electron chi connectivity index (χ1n) is 6.94. The SMILES string of the molecule is CC(C)C1C(=O)NCCN1CC(O)c1ccc(Br)cc1. The van der Waals surface area contributed by atoms with Gasteiger partial charge in [-0.05, 0) is 23.6 Å². The number of carbonyl (C=O) groups is 1. The van der Waals surface area contributed by atoms with Gasteiger partial charge < -0.3 is 10.4 Å². The molecule has 2 rings (SSSR count). The van der Waals surface area contributed by atoms with E-state index in [0.717, 1.165) is 16.6 Å². The second-order valence-corrected chi connectivity index (χ2v) is 6.46. The number of aliphatic hydroxyl groups is 1. The van der Waals surface area contributed by atoms with Crippen LogP contribution in [0.3, 0.4) is 0 Å². The highest BCUT2D eigenvalue weighted by Crippen LogP contribution is 2.21. The van der Waals surface area contributed by atoms with Gasteiger partial charge in [-0.3, -0.25) is 9.69 Å². The zero-order chi connectivity index (χ0) is 14.7. The molecule has 0 saturated carbocycles. The topological polar surface area (TPSA) is 52.6 Å². The number of nitrogens with one attached hydrogen (secondary N) is 1. The number of carbonyl (C=O) groups excluding carboxylic acids is 1. The predicted molar refractivity (Wildman–Crippen MR) is 82.3 cm³/mol. The van der Waals surface area contributed by atoms with E-state index in [1.807, 2.05) is 38.1 Å². The summed E-state index contributed by atoms with van der Waals surface area (Å²) in [4.78, 5) is 14.0. The molecule has 2 unspecified atom stereocenters. The van der Waals surface area contributed by atoms with E-state index < -0.39 is 6.10 Å². The Hall–Kier alpha value is -0.910. The summed E-state index contributed by atoms with van der Waals surface area (Å²) in [7, 11) is 0. The van der Waals surface area contributed by atoms with Crippen molar-refractivity contribution in [1.82, 2.24) is 10.2 Å². The molecule has 1 aromatic rings. The number of benzene rings is 1. The Morgan fingerprint density at radius 3 is 2.65 bits per heavy atom. The summed E-state index contributed by atoms with van der Waals surface area (Å²) < 4.78 is 0.992. The highest BCUT2D eigenvalue weighted by atomic mass is 79.9. The lowest BCUT2D eigenvalue weighted by Gasteiger charge is -2.38. The number of nitrogens with zero attached hydrogens (tertiary/aromatic N) is 1. The first-order chi connectivity index (χ1) is 9.49. The van der Waals surface area contributed by atoms with Crippen LogP contribution in [0.1, 0.15) is 25.5 Å². The molecule has 1 aliphatic heterocycles. The Morgan fingerprint density at radius 1 is 1.40 bits per heavy atom. The van der Waals surface area contributed by atoms with Crippen LogP contribution in [0.15, 0.2) is 28.7 Å². The molecule has 5 heteroatoms. The van der Waals surface area contributed by atoms with Gasteiger partial charge in [0.2, 0.25) is 5.91 Å². The minimum Gasteiger partial charge on any atom is -0.387 e. The molecule has 1 saturated heterocycles. The lowest BCUT2D eigenvalue weighted by Crippen LogP contribution is -2.58. The molecular weight excluding hydrogens is 320 g/mol. The van der Waals surface area contributed by atoms with Crippen LogP contribution in [0, 0.1) is 5.92 Å². The van der Waals surface area contributed by atoms with E-state index in [9.17, 15) is 9.90 Å². The Kier molecular flexibility index (Phi) is 5.18. The van der Waals surface area contributed by atoms with Gasteiger partial charge in [0, 0.05) is 24.1 Å². The van der Waals surface area contributed by atoms with Crippen LogP contribution in [0.2, 0.25) is 0 Å². The molecule has 20 heavy (non-hydrogen) atoms. The van der Waals surface area contributed by atoms with E-state index in [2.05, 4.69) is 26.1 Å². The minimum atomic E-state index is -0.574. The van der Waals surface area contributed by atoms with E-state index in [4.69, 9.17) is 0 Å². The lowest BCUT2D eigenvalue weighted by molar-refractivity contribution is -0.131. The minimum absolute atomic E-state index is 0.0641. The molecule has 2 N–H and O–H groups in total. The number of rotatable bonds is 4. The quantitative estimate of drug-likeness (QED) is 0.880. The maximum atomic E-state index is 12.0. The third-order valence-electron chi connectivity index (χ3n) is 3.65. The van der Waals surface area contributed by atoms with Gasteiger partial charge in [0.15, 0.2) is 0 Å². The fraction of sp³-hybridized carbons (Fsp3) is 0.533. The van der Waals surface area contributed by atoms with E-state index in [1.54, 1.807) is 0 Å². The number of halogens is 1. The zero-order valence-electron chi connectivity index (χ0n) is 11.8. The highest BCUT2D eigenvalue weighted by Gasteiger charge is 2.33. The molecule has 1 amide bonds. The predicted octanol–water partition coefficient (Wildman–Crippen LogP) is 1.94. The smallest absolute Gasteiger partial charge is 0.237 e. The average Bonchev–Trinajstić information content (AvgIpc) is 2.39. The van der Waals surface area contributed by atoms with E-state index in [1.165, 1.54) is 0 Å². The van der Waals surface area contributed by atoms with Crippen LogP contribution in [0.5, 0.6) is 0 Å². The molecule has 0 aromatic heterocycles. The zero-order valence-corrected chi connectivity index (χ0v) is 13.4. The average molecular weight is 341 g/mol. The largest absolute Gasteiger partial charge is 0.387 e. The van der Waals surface area contributed by atoms with Gasteiger partial charge in [-0.25, -0.2) is 0 Å². The molecule has 0 aliphatic carbocycles. The molecule has 1 fully saturated rings. The summed E-state index contributed by atoms with van der Waals surface area (Å²) in [5, 5.41) is 13.3. The van der Waals surface area contributed by atoms with Crippen LogP contribution in [0.25, 0.3) is 0 Å². The number of β-amino-alcohol motifs (C(OH)–C–C–N with tert-alkyl or cyclic N) is 1. The van der Waals surface area contributed by atoms with Crippen molar-refractivity contribution in [3.63, 3.8) is 0 Å². The van der Waals surface area contributed by atoms with Crippen molar-refractivity contribution in [2.45, 2.75) is 26.0 Å². The summed E-state index contributed by atoms with van der Waals surface area (Å²) in [6.45, 7) is 5.98. The molecule has 2 atom stereocenters. The van der Waals surface area contributed by atoms with Crippen molar-refractivity contribution in [3.05, 3.63) is 34.3 Å². The monoisotopic (exact) mass is 340 g/mol. The van der Waals surface area contributed by atoms with Gasteiger partial charge in [0.1, 0.15) is 0 Å². The Labute approximate surface area is 128 Å². The van der Waals surface area contributed by atoms with Crippen LogP contribution < -0.4 is 5.32 Å². The Balaban J connectivity index is 2.07. The molecule has 0 bridgehead atoms. The first kappa shape index (κ1) is 15.5. The third kappa shape index (κ3) is 3.59. The van der Waals surface area contributed by atoms with Gasteiger partial charge >= 0.3 is 0 Å². The summed E-state index contributed by atoms with van der Waals surface area (Å²) in [6, 6.07) is 7.49. The second kappa shape index (κ2) is 6.70. The van der Waals surface area contributed by atoms with Gasteiger partial charge in [-0.15, -0.1) is 0 Å². The molecule has 1 heterocycles. The molecule has 4 nitrogen and oxygen atoms in total. The highest BCUT2D eigenvalue weighted by molar-refractivity contribution is 9.10. The molecule has 1 aliphatic rings. The fourth-order valence-corrected chi connectivity index (χ4v) is 2.94. The normalized spacial score (nSPS) is 21.9. The fourth-order valence-electron chi connectivity index (χ4n) is 2.67. The van der Waals surface area contributed by atoms with Crippen LogP contribution in [-0.4, -0.2) is 41.6 Å². The van der Waals surface area contributed by atoms with E-state index in [-0.39, 0.29) is 17.9 Å². The van der Waals surface area contributed by atoms with Crippen LogP contribution in [-0.2, 0) is 4.79 Å². The molecular formula is C15H21BrN2O2. The second-order valence-electron chi connectivity index (χ2n) is 5.54. The van der Waals surface area contributed by atoms with Crippen molar-refractivity contribution in [2.75, 3.05) is 19.6 Å². The number of hydrogen-bond acceptors (Lipinski definition) is 3. The number of aliphatic hydroxyl groups excluding tert-OH is 1. The van der Waals surface area contributed by atoms with Crippen molar-refractivity contribution in [1.29, 1.82) is 0 Å². The Bertz CT molecular complexity index is 461. The van der Waals surface area contributed by atoms with Gasteiger partial charge in [0.25, 0.3) is 0 Å². The maximum Gasteiger partial charge on any atom is 0.237 e. The number of hydrogen-bond donors (Lipinski definition) is 2. The molecule has 110 valence electrons. The van der Waals surface area contributed by atoms with Gasteiger partial charge in [-0.1, -0.05) is 41.9 Å². The van der Waals surface area contributed by atoms with Crippen LogP contribution in [0.4, 0.5) is 0 Å². The summed E-state index contributed by atoms with van der Waals surface area (Å²) in [6.07, 6.45) is -0.574. The Morgan fingerprint density at radius 2 is 2.05 bits per heavy atom.